The lowest BCUT2D eigenvalue weighted by molar-refractivity contribution is -0.00754. The molecule has 1 atom stereocenters. The average molecular weight is 269 g/mol. The highest BCUT2D eigenvalue weighted by molar-refractivity contribution is 5.58. The summed E-state index contributed by atoms with van der Waals surface area (Å²) in [6, 6.07) is 1.73. The maximum Gasteiger partial charge on any atom is 0.264 e. The minimum absolute atomic E-state index is 0.0123. The van der Waals surface area contributed by atoms with Crippen molar-refractivity contribution in [2.24, 2.45) is 0 Å². The number of pyridine rings is 1. The molecule has 0 saturated carbocycles. The minimum Gasteiger partial charge on any atom is -0.387 e. The molecule has 0 saturated heterocycles. The number of rotatable bonds is 5. The first kappa shape index (κ1) is 13.5. The standard InChI is InChI=1S/C12H13F2N3O2/c1-2-7-6-15-4-3-8(7)12-16-10(19-17-12)5-9(18)11(13)14/h3-4,6,9,11,18H,2,5H2,1H3. The molecule has 5 nitrogen and oxygen atoms in total. The molecule has 1 unspecified atom stereocenters. The second kappa shape index (κ2) is 5.83. The smallest absolute Gasteiger partial charge is 0.264 e. The van der Waals surface area contributed by atoms with Crippen molar-refractivity contribution in [3.63, 3.8) is 0 Å². The number of aliphatic hydroxyl groups is 1. The molecule has 0 aliphatic heterocycles. The summed E-state index contributed by atoms with van der Waals surface area (Å²) in [7, 11) is 0. The first-order valence-corrected chi connectivity index (χ1v) is 5.84. The molecule has 2 heterocycles. The van der Waals surface area contributed by atoms with Gasteiger partial charge >= 0.3 is 0 Å². The Morgan fingerprint density at radius 2 is 2.21 bits per heavy atom. The van der Waals surface area contributed by atoms with Gasteiger partial charge in [0, 0.05) is 18.0 Å². The summed E-state index contributed by atoms with van der Waals surface area (Å²) in [6.45, 7) is 1.96. The summed E-state index contributed by atoms with van der Waals surface area (Å²) in [5.74, 6) is 0.303. The number of alkyl halides is 2. The van der Waals surface area contributed by atoms with Crippen LogP contribution in [0.3, 0.4) is 0 Å². The third-order valence-corrected chi connectivity index (χ3v) is 2.67. The molecular formula is C12H13F2N3O2. The Bertz CT molecular complexity index is 545. The highest BCUT2D eigenvalue weighted by Gasteiger charge is 2.21. The largest absolute Gasteiger partial charge is 0.387 e. The topological polar surface area (TPSA) is 72.0 Å². The zero-order chi connectivity index (χ0) is 13.8. The lowest BCUT2D eigenvalue weighted by Crippen LogP contribution is -2.20. The number of nitrogens with zero attached hydrogens (tertiary/aromatic N) is 3. The normalized spacial score (nSPS) is 12.9. The van der Waals surface area contributed by atoms with Crippen molar-refractivity contribution >= 4 is 0 Å². The van der Waals surface area contributed by atoms with Gasteiger partial charge in [-0.1, -0.05) is 12.1 Å². The minimum atomic E-state index is -2.83. The Kier molecular flexibility index (Phi) is 4.16. The molecule has 0 aliphatic carbocycles. The van der Waals surface area contributed by atoms with E-state index in [9.17, 15) is 8.78 Å². The monoisotopic (exact) mass is 269 g/mol. The van der Waals surface area contributed by atoms with Crippen molar-refractivity contribution in [1.82, 2.24) is 15.1 Å². The third-order valence-electron chi connectivity index (χ3n) is 2.67. The van der Waals surface area contributed by atoms with Gasteiger partial charge in [-0.3, -0.25) is 4.98 Å². The quantitative estimate of drug-likeness (QED) is 0.897. The van der Waals surface area contributed by atoms with E-state index in [4.69, 9.17) is 9.63 Å². The lowest BCUT2D eigenvalue weighted by atomic mass is 10.1. The summed E-state index contributed by atoms with van der Waals surface area (Å²) in [5, 5.41) is 12.8. The number of hydrogen-bond acceptors (Lipinski definition) is 5. The fourth-order valence-corrected chi connectivity index (χ4v) is 1.64. The second-order valence-electron chi connectivity index (χ2n) is 4.00. The maximum atomic E-state index is 12.2. The van der Waals surface area contributed by atoms with Gasteiger partial charge in [0.05, 0.1) is 6.42 Å². The summed E-state index contributed by atoms with van der Waals surface area (Å²) >= 11 is 0. The van der Waals surface area contributed by atoms with Gasteiger partial charge in [-0.15, -0.1) is 0 Å². The van der Waals surface area contributed by atoms with E-state index in [1.165, 1.54) is 0 Å². The van der Waals surface area contributed by atoms with E-state index < -0.39 is 12.5 Å². The number of hydrogen-bond donors (Lipinski definition) is 1. The van der Waals surface area contributed by atoms with Gasteiger partial charge < -0.3 is 9.63 Å². The number of aromatic nitrogens is 3. The summed E-state index contributed by atoms with van der Waals surface area (Å²) in [5.41, 5.74) is 1.68. The van der Waals surface area contributed by atoms with Crippen molar-refractivity contribution in [3.8, 4) is 11.4 Å². The molecule has 19 heavy (non-hydrogen) atoms. The van der Waals surface area contributed by atoms with E-state index in [1.807, 2.05) is 6.92 Å². The van der Waals surface area contributed by atoms with Gasteiger partial charge in [0.2, 0.25) is 11.7 Å². The van der Waals surface area contributed by atoms with Crippen molar-refractivity contribution in [3.05, 3.63) is 29.9 Å². The molecule has 0 fully saturated rings. The van der Waals surface area contributed by atoms with E-state index in [1.54, 1.807) is 18.5 Å². The number of aryl methyl sites for hydroxylation is 1. The Morgan fingerprint density at radius 3 is 2.89 bits per heavy atom. The van der Waals surface area contributed by atoms with E-state index in [2.05, 4.69) is 15.1 Å². The Morgan fingerprint density at radius 1 is 1.42 bits per heavy atom. The number of halogens is 2. The van der Waals surface area contributed by atoms with Gasteiger partial charge in [-0.05, 0) is 18.1 Å². The second-order valence-corrected chi connectivity index (χ2v) is 4.00. The Labute approximate surface area is 108 Å². The van der Waals surface area contributed by atoms with E-state index in [0.29, 0.717) is 5.82 Å². The van der Waals surface area contributed by atoms with Gasteiger partial charge in [-0.2, -0.15) is 4.98 Å². The first-order valence-electron chi connectivity index (χ1n) is 5.84. The number of aliphatic hydroxyl groups excluding tert-OH is 1. The molecular weight excluding hydrogens is 256 g/mol. The van der Waals surface area contributed by atoms with Gasteiger partial charge in [0.1, 0.15) is 6.10 Å². The fraction of sp³-hybridized carbons (Fsp3) is 0.417. The zero-order valence-corrected chi connectivity index (χ0v) is 10.3. The lowest BCUT2D eigenvalue weighted by Gasteiger charge is -2.04. The van der Waals surface area contributed by atoms with Crippen LogP contribution < -0.4 is 0 Å². The molecule has 0 bridgehead atoms. The van der Waals surface area contributed by atoms with E-state index in [-0.39, 0.29) is 12.3 Å². The van der Waals surface area contributed by atoms with Gasteiger partial charge in [0.25, 0.3) is 6.43 Å². The van der Waals surface area contributed by atoms with Crippen LogP contribution in [0.25, 0.3) is 11.4 Å². The maximum absolute atomic E-state index is 12.2. The van der Waals surface area contributed by atoms with Crippen molar-refractivity contribution in [2.75, 3.05) is 0 Å². The summed E-state index contributed by atoms with van der Waals surface area (Å²) < 4.78 is 29.3. The van der Waals surface area contributed by atoms with Crippen molar-refractivity contribution in [2.45, 2.75) is 32.3 Å². The Balaban J connectivity index is 2.21. The molecule has 0 aliphatic rings. The van der Waals surface area contributed by atoms with E-state index >= 15 is 0 Å². The van der Waals surface area contributed by atoms with Crippen LogP contribution in [0, 0.1) is 0 Å². The van der Waals surface area contributed by atoms with Crippen molar-refractivity contribution in [1.29, 1.82) is 0 Å². The molecule has 0 radical (unpaired) electrons. The average Bonchev–Trinajstić information content (AvgIpc) is 2.86. The van der Waals surface area contributed by atoms with Crippen molar-refractivity contribution < 1.29 is 18.4 Å². The molecule has 0 aromatic carbocycles. The van der Waals surface area contributed by atoms with Crippen LogP contribution in [0.5, 0.6) is 0 Å². The van der Waals surface area contributed by atoms with Gasteiger partial charge in [-0.25, -0.2) is 8.78 Å². The van der Waals surface area contributed by atoms with Crippen LogP contribution in [-0.2, 0) is 12.8 Å². The summed E-state index contributed by atoms with van der Waals surface area (Å²) in [4.78, 5) is 8.01. The molecule has 2 rings (SSSR count). The Hall–Kier alpha value is -1.89. The predicted octanol–water partition coefficient (Wildman–Crippen LogP) is 1.86. The highest BCUT2D eigenvalue weighted by Crippen LogP contribution is 2.21. The van der Waals surface area contributed by atoms with Crippen LogP contribution in [0.4, 0.5) is 8.78 Å². The van der Waals surface area contributed by atoms with Crippen LogP contribution in [-0.4, -0.2) is 32.8 Å². The van der Waals surface area contributed by atoms with Gasteiger partial charge in [0.15, 0.2) is 0 Å². The molecule has 2 aromatic rings. The molecule has 2 aromatic heterocycles. The molecule has 0 amide bonds. The molecule has 102 valence electrons. The predicted molar refractivity (Wildman–Crippen MR) is 62.6 cm³/mol. The van der Waals surface area contributed by atoms with Crippen LogP contribution in [0.2, 0.25) is 0 Å². The van der Waals surface area contributed by atoms with Crippen LogP contribution in [0.1, 0.15) is 18.4 Å². The SMILES string of the molecule is CCc1cnccc1-c1noc(CC(O)C(F)F)n1. The first-order chi connectivity index (χ1) is 9.11. The van der Waals surface area contributed by atoms with Crippen LogP contribution in [0.15, 0.2) is 23.0 Å². The van der Waals surface area contributed by atoms with E-state index in [0.717, 1.165) is 17.5 Å². The molecule has 1 N–H and O–H groups in total. The highest BCUT2D eigenvalue weighted by atomic mass is 19.3. The summed E-state index contributed by atoms with van der Waals surface area (Å²) in [6.07, 6.45) is -0.958. The molecule has 0 spiro atoms. The zero-order valence-electron chi connectivity index (χ0n) is 10.3. The van der Waals surface area contributed by atoms with Crippen LogP contribution >= 0.6 is 0 Å². The molecule has 7 heteroatoms. The fourth-order valence-electron chi connectivity index (χ4n) is 1.64. The third kappa shape index (κ3) is 3.11.